The smallest absolute Gasteiger partial charge is 0.0128 e. The van der Waals surface area contributed by atoms with Crippen LogP contribution in [0.3, 0.4) is 0 Å². The summed E-state index contributed by atoms with van der Waals surface area (Å²) in [7, 11) is 0. The summed E-state index contributed by atoms with van der Waals surface area (Å²) < 4.78 is 0. The Morgan fingerprint density at radius 1 is 0.633 bits per heavy atom. The lowest BCUT2D eigenvalue weighted by atomic mass is 9.72. The molecule has 2 saturated carbocycles. The molecule has 178 valence electrons. The van der Waals surface area contributed by atoms with E-state index >= 15 is 0 Å². The van der Waals surface area contributed by atoms with Crippen LogP contribution >= 0.6 is 0 Å². The summed E-state index contributed by atoms with van der Waals surface area (Å²) in [6.07, 6.45) is 10.8. The monoisotopic (exact) mass is 420 g/mol. The van der Waals surface area contributed by atoms with Gasteiger partial charge in [0, 0.05) is 23.2 Å². The molecule has 30 heavy (non-hydrogen) atoms. The number of hydrogen-bond donors (Lipinski definition) is 2. The van der Waals surface area contributed by atoms with Gasteiger partial charge in [-0.25, -0.2) is 0 Å². The molecule has 0 radical (unpaired) electrons. The molecule has 0 amide bonds. The fourth-order valence-corrected chi connectivity index (χ4v) is 6.51. The Morgan fingerprint density at radius 3 is 1.27 bits per heavy atom. The SMILES string of the molecule is CC1CCC(C(C)C)C(NC(C)(C)CCC(C)(C)NC2CC(C)CCC2C(C)C)C1. The van der Waals surface area contributed by atoms with Crippen LogP contribution in [0.1, 0.15) is 121 Å². The summed E-state index contributed by atoms with van der Waals surface area (Å²) in [6, 6.07) is 1.37. The third-order valence-corrected chi connectivity index (χ3v) is 8.57. The second-order valence-corrected chi connectivity index (χ2v) is 13.4. The van der Waals surface area contributed by atoms with Gasteiger partial charge >= 0.3 is 0 Å². The van der Waals surface area contributed by atoms with E-state index in [1.807, 2.05) is 0 Å². The van der Waals surface area contributed by atoms with Crippen molar-refractivity contribution in [2.45, 2.75) is 144 Å². The molecule has 2 N–H and O–H groups in total. The van der Waals surface area contributed by atoms with Crippen LogP contribution in [0.5, 0.6) is 0 Å². The fourth-order valence-electron chi connectivity index (χ4n) is 6.51. The molecule has 2 fully saturated rings. The van der Waals surface area contributed by atoms with E-state index in [0.29, 0.717) is 12.1 Å². The lowest BCUT2D eigenvalue weighted by Gasteiger charge is -2.45. The van der Waals surface area contributed by atoms with Gasteiger partial charge in [0.25, 0.3) is 0 Å². The minimum Gasteiger partial charge on any atom is -0.309 e. The molecule has 0 aliphatic heterocycles. The average molecular weight is 421 g/mol. The van der Waals surface area contributed by atoms with E-state index in [4.69, 9.17) is 0 Å². The Balaban J connectivity index is 1.94. The van der Waals surface area contributed by atoms with Gasteiger partial charge in [0.15, 0.2) is 0 Å². The van der Waals surface area contributed by atoms with Crippen molar-refractivity contribution in [1.29, 1.82) is 0 Å². The molecule has 6 unspecified atom stereocenters. The minimum absolute atomic E-state index is 0.200. The second-order valence-electron chi connectivity index (χ2n) is 13.4. The van der Waals surface area contributed by atoms with Crippen molar-refractivity contribution >= 4 is 0 Å². The van der Waals surface area contributed by atoms with Crippen molar-refractivity contribution in [3.63, 3.8) is 0 Å². The lowest BCUT2D eigenvalue weighted by molar-refractivity contribution is 0.120. The summed E-state index contributed by atoms with van der Waals surface area (Å²) >= 11 is 0. The highest BCUT2D eigenvalue weighted by molar-refractivity contribution is 4.95. The van der Waals surface area contributed by atoms with Crippen LogP contribution in [0.25, 0.3) is 0 Å². The maximum atomic E-state index is 4.14. The van der Waals surface area contributed by atoms with E-state index in [2.05, 4.69) is 79.9 Å². The first-order chi connectivity index (χ1) is 13.8. The summed E-state index contributed by atoms with van der Waals surface area (Å²) in [5, 5.41) is 8.28. The molecule has 2 aliphatic rings. The molecule has 0 spiro atoms. The molecule has 0 heterocycles. The topological polar surface area (TPSA) is 24.1 Å². The van der Waals surface area contributed by atoms with Crippen molar-refractivity contribution in [3.05, 3.63) is 0 Å². The van der Waals surface area contributed by atoms with Crippen LogP contribution in [-0.2, 0) is 0 Å². The van der Waals surface area contributed by atoms with Crippen molar-refractivity contribution in [2.24, 2.45) is 35.5 Å². The van der Waals surface area contributed by atoms with Gasteiger partial charge in [-0.05, 0) is 102 Å². The fraction of sp³-hybridized carbons (Fsp3) is 1.00. The van der Waals surface area contributed by atoms with E-state index < -0.39 is 0 Å². The quantitative estimate of drug-likeness (QED) is 0.405. The Morgan fingerprint density at radius 2 is 0.967 bits per heavy atom. The standard InChI is InChI=1S/C28H56N2/c1-19(2)23-13-11-21(5)17-25(23)29-27(7,8)15-16-28(9,10)30-26-18-22(6)12-14-24(26)20(3)4/h19-26,29-30H,11-18H2,1-10H3. The predicted molar refractivity (Wildman–Crippen MR) is 134 cm³/mol. The van der Waals surface area contributed by atoms with Gasteiger partial charge < -0.3 is 10.6 Å². The van der Waals surface area contributed by atoms with Crippen molar-refractivity contribution in [2.75, 3.05) is 0 Å². The summed E-state index contributed by atoms with van der Waals surface area (Å²) in [5.74, 6) is 4.97. The first kappa shape index (κ1) is 26.2. The van der Waals surface area contributed by atoms with Gasteiger partial charge in [0.2, 0.25) is 0 Å². The maximum absolute atomic E-state index is 4.14. The lowest BCUT2D eigenvalue weighted by Crippen LogP contribution is -2.55. The molecule has 2 rings (SSSR count). The zero-order valence-corrected chi connectivity index (χ0v) is 22.3. The second kappa shape index (κ2) is 10.7. The van der Waals surface area contributed by atoms with E-state index in [0.717, 1.165) is 35.5 Å². The Hall–Kier alpha value is -0.0800. The number of rotatable bonds is 9. The molecule has 0 bridgehead atoms. The van der Waals surface area contributed by atoms with Crippen LogP contribution in [-0.4, -0.2) is 23.2 Å². The maximum Gasteiger partial charge on any atom is 0.0128 e. The third-order valence-electron chi connectivity index (χ3n) is 8.57. The molecular weight excluding hydrogens is 364 g/mol. The number of hydrogen-bond acceptors (Lipinski definition) is 2. The first-order valence-corrected chi connectivity index (χ1v) is 13.3. The zero-order valence-electron chi connectivity index (χ0n) is 22.3. The van der Waals surface area contributed by atoms with Gasteiger partial charge in [0.05, 0.1) is 0 Å². The highest BCUT2D eigenvalue weighted by atomic mass is 15.0. The third kappa shape index (κ3) is 7.80. The molecule has 6 atom stereocenters. The summed E-state index contributed by atoms with van der Waals surface area (Å²) in [6.45, 7) is 24.4. The van der Waals surface area contributed by atoms with Crippen molar-refractivity contribution in [3.8, 4) is 0 Å². The van der Waals surface area contributed by atoms with E-state index in [1.165, 1.54) is 51.4 Å². The Kier molecular flexibility index (Phi) is 9.33. The first-order valence-electron chi connectivity index (χ1n) is 13.3. The predicted octanol–water partition coefficient (Wildman–Crippen LogP) is 7.42. The van der Waals surface area contributed by atoms with Crippen LogP contribution < -0.4 is 10.6 Å². The number of nitrogens with one attached hydrogen (secondary N) is 2. The van der Waals surface area contributed by atoms with Gasteiger partial charge in [-0.3, -0.25) is 0 Å². The zero-order chi connectivity index (χ0) is 22.7. The minimum atomic E-state index is 0.200. The highest BCUT2D eigenvalue weighted by Crippen LogP contribution is 2.37. The average Bonchev–Trinajstić information content (AvgIpc) is 2.59. The normalized spacial score (nSPS) is 34.0. The summed E-state index contributed by atoms with van der Waals surface area (Å²) in [4.78, 5) is 0. The van der Waals surface area contributed by atoms with Crippen molar-refractivity contribution < 1.29 is 0 Å². The van der Waals surface area contributed by atoms with Crippen LogP contribution in [0.2, 0.25) is 0 Å². The van der Waals surface area contributed by atoms with Gasteiger partial charge in [-0.1, -0.05) is 54.4 Å². The van der Waals surface area contributed by atoms with Crippen LogP contribution in [0.15, 0.2) is 0 Å². The molecule has 2 aliphatic carbocycles. The summed E-state index contributed by atoms with van der Waals surface area (Å²) in [5.41, 5.74) is 0.399. The van der Waals surface area contributed by atoms with E-state index in [1.54, 1.807) is 0 Å². The Bertz CT molecular complexity index is 461. The van der Waals surface area contributed by atoms with Crippen molar-refractivity contribution in [1.82, 2.24) is 10.6 Å². The van der Waals surface area contributed by atoms with E-state index in [-0.39, 0.29) is 11.1 Å². The van der Waals surface area contributed by atoms with Gasteiger partial charge in [-0.15, -0.1) is 0 Å². The van der Waals surface area contributed by atoms with Gasteiger partial charge in [0.1, 0.15) is 0 Å². The van der Waals surface area contributed by atoms with Crippen LogP contribution in [0, 0.1) is 35.5 Å². The highest BCUT2D eigenvalue weighted by Gasteiger charge is 2.37. The molecule has 2 nitrogen and oxygen atoms in total. The molecule has 2 heteroatoms. The molecule has 0 aromatic heterocycles. The molecule has 0 aromatic carbocycles. The molecular formula is C28H56N2. The molecule has 0 aromatic rings. The van der Waals surface area contributed by atoms with E-state index in [9.17, 15) is 0 Å². The van der Waals surface area contributed by atoms with Crippen LogP contribution in [0.4, 0.5) is 0 Å². The largest absolute Gasteiger partial charge is 0.309 e. The molecule has 0 saturated heterocycles. The Labute approximate surface area is 190 Å². The van der Waals surface area contributed by atoms with Gasteiger partial charge in [-0.2, -0.15) is 0 Å².